The van der Waals surface area contributed by atoms with Crippen molar-refractivity contribution in [3.8, 4) is 0 Å². The molecule has 0 radical (unpaired) electrons. The van der Waals surface area contributed by atoms with Crippen LogP contribution in [0.15, 0.2) is 24.3 Å². The summed E-state index contributed by atoms with van der Waals surface area (Å²) in [5.41, 5.74) is 0.332. The van der Waals surface area contributed by atoms with Gasteiger partial charge in [-0.2, -0.15) is 0 Å². The first kappa shape index (κ1) is 12.6. The van der Waals surface area contributed by atoms with E-state index in [0.29, 0.717) is 0 Å². The molecule has 4 nitrogen and oxygen atoms in total. The van der Waals surface area contributed by atoms with E-state index in [0.717, 1.165) is 24.2 Å². The number of benzene rings is 1. The van der Waals surface area contributed by atoms with Crippen LogP contribution in [0.1, 0.15) is 34.1 Å². The standard InChI is InChI=1S/C11H12O4S/c1-2-6-16-15-11(14)9-5-3-4-8(7-9)10(12)13/h3-5,7H,2,6H2,1H3,(H,12,13). The van der Waals surface area contributed by atoms with Gasteiger partial charge in [-0.25, -0.2) is 9.59 Å². The van der Waals surface area contributed by atoms with Crippen molar-refractivity contribution >= 4 is 24.0 Å². The van der Waals surface area contributed by atoms with Crippen LogP contribution in [0.25, 0.3) is 0 Å². The maximum Gasteiger partial charge on any atom is 0.350 e. The molecule has 1 aromatic carbocycles. The second kappa shape index (κ2) is 6.17. The van der Waals surface area contributed by atoms with Gasteiger partial charge in [0, 0.05) is 5.75 Å². The van der Waals surface area contributed by atoms with Crippen molar-refractivity contribution in [2.24, 2.45) is 0 Å². The van der Waals surface area contributed by atoms with Crippen LogP contribution < -0.4 is 0 Å². The molecule has 0 atom stereocenters. The Morgan fingerprint density at radius 1 is 1.38 bits per heavy atom. The number of carbonyl (C=O) groups excluding carboxylic acids is 1. The molecule has 0 saturated carbocycles. The molecule has 0 unspecified atom stereocenters. The Balaban J connectivity index is 2.68. The second-order valence-corrected chi connectivity index (χ2v) is 3.89. The van der Waals surface area contributed by atoms with Crippen molar-refractivity contribution in [1.82, 2.24) is 0 Å². The lowest BCUT2D eigenvalue weighted by Gasteiger charge is -2.02. The minimum absolute atomic E-state index is 0.0786. The third kappa shape index (κ3) is 3.58. The van der Waals surface area contributed by atoms with Gasteiger partial charge in [-0.1, -0.05) is 13.0 Å². The van der Waals surface area contributed by atoms with Gasteiger partial charge in [-0.05, 0) is 24.6 Å². The maximum absolute atomic E-state index is 11.5. The van der Waals surface area contributed by atoms with Gasteiger partial charge in [-0.15, -0.1) is 0 Å². The molecule has 0 aromatic heterocycles. The SMILES string of the molecule is CCCSOC(=O)c1cccc(C(=O)O)c1. The summed E-state index contributed by atoms with van der Waals surface area (Å²) in [7, 11) is 0. The van der Waals surface area contributed by atoms with Gasteiger partial charge in [0.2, 0.25) is 0 Å². The lowest BCUT2D eigenvalue weighted by Crippen LogP contribution is -2.03. The van der Waals surface area contributed by atoms with E-state index < -0.39 is 11.9 Å². The molecule has 0 bridgehead atoms. The van der Waals surface area contributed by atoms with Crippen molar-refractivity contribution in [3.05, 3.63) is 35.4 Å². The van der Waals surface area contributed by atoms with Crippen molar-refractivity contribution in [1.29, 1.82) is 0 Å². The van der Waals surface area contributed by atoms with Crippen LogP contribution in [-0.4, -0.2) is 22.8 Å². The Morgan fingerprint density at radius 3 is 2.69 bits per heavy atom. The van der Waals surface area contributed by atoms with Crippen LogP contribution >= 0.6 is 12.0 Å². The Bertz CT molecular complexity index is 389. The normalized spacial score (nSPS) is 9.81. The van der Waals surface area contributed by atoms with Gasteiger partial charge in [0.05, 0.1) is 23.2 Å². The average molecular weight is 240 g/mol. The summed E-state index contributed by atoms with van der Waals surface area (Å²) in [6, 6.07) is 5.78. The molecule has 0 fully saturated rings. The largest absolute Gasteiger partial charge is 0.478 e. The molecule has 0 aliphatic rings. The number of carbonyl (C=O) groups is 2. The number of carboxylic acid groups (broad SMARTS) is 1. The predicted octanol–water partition coefficient (Wildman–Crippen LogP) is 2.60. The number of hydrogen-bond donors (Lipinski definition) is 1. The zero-order valence-electron chi connectivity index (χ0n) is 8.80. The summed E-state index contributed by atoms with van der Waals surface area (Å²) >= 11 is 1.07. The first-order valence-electron chi connectivity index (χ1n) is 4.82. The minimum atomic E-state index is -1.06. The van der Waals surface area contributed by atoms with E-state index in [1.54, 1.807) is 0 Å². The molecule has 0 spiro atoms. The van der Waals surface area contributed by atoms with Crippen LogP contribution in [0.2, 0.25) is 0 Å². The number of hydrogen-bond acceptors (Lipinski definition) is 4. The molecule has 5 heteroatoms. The zero-order valence-corrected chi connectivity index (χ0v) is 9.62. The van der Waals surface area contributed by atoms with Gasteiger partial charge < -0.3 is 9.29 Å². The summed E-state index contributed by atoms with van der Waals surface area (Å²) in [5.74, 6) is -0.845. The monoisotopic (exact) mass is 240 g/mol. The van der Waals surface area contributed by atoms with Crippen LogP contribution in [0.3, 0.4) is 0 Å². The van der Waals surface area contributed by atoms with E-state index in [4.69, 9.17) is 9.29 Å². The van der Waals surface area contributed by atoms with E-state index in [1.165, 1.54) is 24.3 Å². The lowest BCUT2D eigenvalue weighted by atomic mass is 10.1. The minimum Gasteiger partial charge on any atom is -0.478 e. The average Bonchev–Trinajstić information content (AvgIpc) is 2.29. The maximum atomic E-state index is 11.5. The summed E-state index contributed by atoms with van der Waals surface area (Å²) in [5, 5.41) is 8.75. The van der Waals surface area contributed by atoms with Crippen molar-refractivity contribution < 1.29 is 18.9 Å². The molecule has 0 aliphatic carbocycles. The van der Waals surface area contributed by atoms with E-state index >= 15 is 0 Å². The fraction of sp³-hybridized carbons (Fsp3) is 0.273. The van der Waals surface area contributed by atoms with E-state index in [2.05, 4.69) is 0 Å². The Labute approximate surface area is 97.8 Å². The quantitative estimate of drug-likeness (QED) is 0.633. The van der Waals surface area contributed by atoms with Crippen LogP contribution in [0, 0.1) is 0 Å². The highest BCUT2D eigenvalue weighted by Gasteiger charge is 2.10. The van der Waals surface area contributed by atoms with Crippen molar-refractivity contribution in [2.75, 3.05) is 5.75 Å². The molecule has 16 heavy (non-hydrogen) atoms. The van der Waals surface area contributed by atoms with Gasteiger partial charge in [0.15, 0.2) is 0 Å². The smallest absolute Gasteiger partial charge is 0.350 e. The van der Waals surface area contributed by atoms with Crippen molar-refractivity contribution in [3.63, 3.8) is 0 Å². The van der Waals surface area contributed by atoms with Gasteiger partial charge in [0.1, 0.15) is 0 Å². The summed E-state index contributed by atoms with van der Waals surface area (Å²) in [4.78, 5) is 22.1. The fourth-order valence-electron chi connectivity index (χ4n) is 1.01. The van der Waals surface area contributed by atoms with Gasteiger partial charge >= 0.3 is 11.9 Å². The van der Waals surface area contributed by atoms with E-state index in [9.17, 15) is 9.59 Å². The summed E-state index contributed by atoms with van der Waals surface area (Å²) < 4.78 is 4.89. The number of aromatic carboxylic acids is 1. The molecular formula is C11H12O4S. The number of carboxylic acids is 1. The molecule has 0 saturated heterocycles. The Morgan fingerprint density at radius 2 is 2.06 bits per heavy atom. The Kier molecular flexibility index (Phi) is 4.85. The molecular weight excluding hydrogens is 228 g/mol. The van der Waals surface area contributed by atoms with Gasteiger partial charge in [-0.3, -0.25) is 0 Å². The molecule has 1 aromatic rings. The topological polar surface area (TPSA) is 63.6 Å². The summed E-state index contributed by atoms with van der Waals surface area (Å²) in [6.07, 6.45) is 0.910. The molecule has 0 heterocycles. The third-order valence-corrected chi connectivity index (χ3v) is 2.61. The van der Waals surface area contributed by atoms with Gasteiger partial charge in [0.25, 0.3) is 0 Å². The highest BCUT2D eigenvalue weighted by atomic mass is 32.2. The number of rotatable bonds is 5. The predicted molar refractivity (Wildman–Crippen MR) is 61.6 cm³/mol. The zero-order chi connectivity index (χ0) is 12.0. The summed E-state index contributed by atoms with van der Waals surface area (Å²) in [6.45, 7) is 1.98. The van der Waals surface area contributed by atoms with E-state index in [-0.39, 0.29) is 11.1 Å². The highest BCUT2D eigenvalue weighted by molar-refractivity contribution is 7.95. The molecule has 86 valence electrons. The first-order valence-corrected chi connectivity index (χ1v) is 5.73. The molecule has 1 rings (SSSR count). The van der Waals surface area contributed by atoms with Crippen molar-refractivity contribution in [2.45, 2.75) is 13.3 Å². The molecule has 0 aliphatic heterocycles. The third-order valence-electron chi connectivity index (χ3n) is 1.77. The Hall–Kier alpha value is -1.49. The first-order chi connectivity index (χ1) is 7.65. The second-order valence-electron chi connectivity index (χ2n) is 3.08. The lowest BCUT2D eigenvalue weighted by molar-refractivity contribution is 0.0697. The fourth-order valence-corrected chi connectivity index (χ4v) is 1.46. The molecule has 0 amide bonds. The van der Waals surface area contributed by atoms with E-state index in [1.807, 2.05) is 6.92 Å². The van der Waals surface area contributed by atoms with Crippen LogP contribution in [-0.2, 0) is 4.18 Å². The van der Waals surface area contributed by atoms with Crippen LogP contribution in [0.4, 0.5) is 0 Å². The molecule has 1 N–H and O–H groups in total. The highest BCUT2D eigenvalue weighted by Crippen LogP contribution is 2.12. The van der Waals surface area contributed by atoms with Crippen LogP contribution in [0.5, 0.6) is 0 Å².